The monoisotopic (exact) mass is 301 g/mol. The summed E-state index contributed by atoms with van der Waals surface area (Å²) in [7, 11) is 0. The van der Waals surface area contributed by atoms with Crippen molar-refractivity contribution in [2.24, 2.45) is 0 Å². The van der Waals surface area contributed by atoms with Crippen molar-refractivity contribution < 1.29 is 4.79 Å². The fourth-order valence-corrected chi connectivity index (χ4v) is 3.22. The number of anilines is 3. The van der Waals surface area contributed by atoms with Crippen LogP contribution in [0, 0.1) is 0 Å². The fraction of sp³-hybridized carbons (Fsp3) is 0.214. The number of carbonyl (C=O) groups excluding carboxylic acids is 1. The Bertz CT molecular complexity index is 671. The van der Waals surface area contributed by atoms with Gasteiger partial charge in [-0.15, -0.1) is 0 Å². The molecule has 1 atom stereocenters. The molecule has 0 aliphatic carbocycles. The van der Waals surface area contributed by atoms with Crippen molar-refractivity contribution in [1.29, 1.82) is 0 Å². The van der Waals surface area contributed by atoms with Crippen LogP contribution in [0.25, 0.3) is 0 Å². The fourth-order valence-electron chi connectivity index (χ4n) is 2.25. The van der Waals surface area contributed by atoms with Gasteiger partial charge in [-0.05, 0) is 24.5 Å². The number of thioether (sulfide) groups is 1. The molecule has 1 unspecified atom stereocenters. The van der Waals surface area contributed by atoms with E-state index in [9.17, 15) is 4.79 Å². The zero-order valence-electron chi connectivity index (χ0n) is 11.2. The number of nitrogens with one attached hydrogen (secondary N) is 1. The van der Waals surface area contributed by atoms with E-state index in [-0.39, 0.29) is 11.2 Å². The summed E-state index contributed by atoms with van der Waals surface area (Å²) in [4.78, 5) is 20.5. The Morgan fingerprint density at radius 1 is 1.19 bits per heavy atom. The Balaban J connectivity index is 1.79. The molecule has 0 saturated heterocycles. The van der Waals surface area contributed by atoms with E-state index in [0.29, 0.717) is 23.2 Å². The molecule has 0 radical (unpaired) electrons. The van der Waals surface area contributed by atoms with Crippen LogP contribution >= 0.6 is 11.8 Å². The van der Waals surface area contributed by atoms with E-state index in [1.165, 1.54) is 17.8 Å². The quantitative estimate of drug-likeness (QED) is 0.729. The molecular weight excluding hydrogens is 286 g/mol. The highest BCUT2D eigenvalue weighted by Gasteiger charge is 2.25. The zero-order chi connectivity index (χ0) is 14.8. The summed E-state index contributed by atoms with van der Waals surface area (Å²) < 4.78 is 0. The molecule has 5 N–H and O–H groups in total. The van der Waals surface area contributed by atoms with Crippen LogP contribution in [-0.2, 0) is 11.2 Å². The standard InChI is InChI=1S/C14H15N5OS/c15-11-7-12(16)19-14(18-11)21-10-6-5-8-3-1-2-4-9(8)17-13(10)20/h1-4,7,10H,5-6H2,(H,17,20)(H4,15,16,18,19). The first kappa shape index (κ1) is 13.7. The molecule has 1 aromatic carbocycles. The highest BCUT2D eigenvalue weighted by molar-refractivity contribution is 8.00. The van der Waals surface area contributed by atoms with E-state index in [2.05, 4.69) is 15.3 Å². The summed E-state index contributed by atoms with van der Waals surface area (Å²) in [5, 5.41) is 3.11. The summed E-state index contributed by atoms with van der Waals surface area (Å²) in [5.74, 6) is 0.569. The SMILES string of the molecule is Nc1cc(N)nc(SC2CCc3ccccc3NC2=O)n1. The van der Waals surface area contributed by atoms with Gasteiger partial charge < -0.3 is 16.8 Å². The Morgan fingerprint density at radius 3 is 2.67 bits per heavy atom. The van der Waals surface area contributed by atoms with Crippen LogP contribution in [0.5, 0.6) is 0 Å². The van der Waals surface area contributed by atoms with Crippen LogP contribution in [0.4, 0.5) is 17.3 Å². The van der Waals surface area contributed by atoms with E-state index >= 15 is 0 Å². The van der Waals surface area contributed by atoms with Crippen LogP contribution in [-0.4, -0.2) is 21.1 Å². The van der Waals surface area contributed by atoms with Crippen molar-refractivity contribution >= 4 is 35.0 Å². The lowest BCUT2D eigenvalue weighted by Gasteiger charge is -2.12. The molecule has 1 amide bonds. The first-order valence-corrected chi connectivity index (χ1v) is 7.45. The van der Waals surface area contributed by atoms with Crippen LogP contribution < -0.4 is 16.8 Å². The number of benzene rings is 1. The number of nitrogens with two attached hydrogens (primary N) is 2. The molecule has 6 nitrogen and oxygen atoms in total. The molecule has 0 spiro atoms. The van der Waals surface area contributed by atoms with Gasteiger partial charge in [0.2, 0.25) is 5.91 Å². The lowest BCUT2D eigenvalue weighted by atomic mass is 10.1. The summed E-state index contributed by atoms with van der Waals surface area (Å²) in [6, 6.07) is 9.31. The maximum atomic E-state index is 12.3. The predicted octanol–water partition coefficient (Wildman–Crippen LogP) is 1.69. The van der Waals surface area contributed by atoms with E-state index in [4.69, 9.17) is 11.5 Å². The van der Waals surface area contributed by atoms with E-state index in [1.54, 1.807) is 0 Å². The second kappa shape index (κ2) is 5.61. The average molecular weight is 301 g/mol. The largest absolute Gasteiger partial charge is 0.383 e. The smallest absolute Gasteiger partial charge is 0.237 e. The van der Waals surface area contributed by atoms with Gasteiger partial charge in [-0.2, -0.15) is 0 Å². The number of amides is 1. The molecule has 1 aromatic heterocycles. The lowest BCUT2D eigenvalue weighted by Crippen LogP contribution is -2.24. The molecule has 3 rings (SSSR count). The van der Waals surface area contributed by atoms with Crippen molar-refractivity contribution in [3.05, 3.63) is 35.9 Å². The van der Waals surface area contributed by atoms with Crippen molar-refractivity contribution in [2.45, 2.75) is 23.2 Å². The second-order valence-electron chi connectivity index (χ2n) is 4.79. The van der Waals surface area contributed by atoms with Crippen LogP contribution in [0.1, 0.15) is 12.0 Å². The number of nitrogen functional groups attached to an aromatic ring is 2. The highest BCUT2D eigenvalue weighted by atomic mass is 32.2. The van der Waals surface area contributed by atoms with Crippen LogP contribution in [0.2, 0.25) is 0 Å². The maximum Gasteiger partial charge on any atom is 0.237 e. The number of fused-ring (bicyclic) bond motifs is 1. The number of nitrogens with zero attached hydrogens (tertiary/aromatic N) is 2. The average Bonchev–Trinajstić information content (AvgIpc) is 2.58. The van der Waals surface area contributed by atoms with Crippen molar-refractivity contribution in [3.8, 4) is 0 Å². The number of aromatic nitrogens is 2. The Kier molecular flexibility index (Phi) is 3.66. The number of carbonyl (C=O) groups is 1. The van der Waals surface area contributed by atoms with Gasteiger partial charge in [0.25, 0.3) is 0 Å². The minimum Gasteiger partial charge on any atom is -0.383 e. The summed E-state index contributed by atoms with van der Waals surface area (Å²) in [5.41, 5.74) is 13.3. The molecule has 1 aliphatic rings. The third kappa shape index (κ3) is 3.08. The summed E-state index contributed by atoms with van der Waals surface area (Å²) >= 11 is 1.29. The van der Waals surface area contributed by atoms with E-state index in [1.807, 2.05) is 24.3 Å². The topological polar surface area (TPSA) is 107 Å². The van der Waals surface area contributed by atoms with Gasteiger partial charge in [-0.1, -0.05) is 30.0 Å². The van der Waals surface area contributed by atoms with Crippen molar-refractivity contribution in [2.75, 3.05) is 16.8 Å². The van der Waals surface area contributed by atoms with Crippen molar-refractivity contribution in [1.82, 2.24) is 9.97 Å². The molecule has 0 fully saturated rings. The van der Waals surface area contributed by atoms with Crippen LogP contribution in [0.15, 0.2) is 35.5 Å². The number of hydrogen-bond donors (Lipinski definition) is 3. The predicted molar refractivity (Wildman–Crippen MR) is 83.9 cm³/mol. The third-order valence-electron chi connectivity index (χ3n) is 3.24. The van der Waals surface area contributed by atoms with Gasteiger partial charge in [-0.3, -0.25) is 4.79 Å². The number of aryl methyl sites for hydroxylation is 1. The normalized spacial score (nSPS) is 17.7. The number of rotatable bonds is 2. The minimum atomic E-state index is -0.265. The van der Waals surface area contributed by atoms with Crippen molar-refractivity contribution in [3.63, 3.8) is 0 Å². The van der Waals surface area contributed by atoms with Gasteiger partial charge in [0.15, 0.2) is 5.16 Å². The maximum absolute atomic E-state index is 12.3. The first-order chi connectivity index (χ1) is 10.1. The molecule has 2 heterocycles. The zero-order valence-corrected chi connectivity index (χ0v) is 12.1. The summed E-state index contributed by atoms with van der Waals surface area (Å²) in [6.07, 6.45) is 1.54. The second-order valence-corrected chi connectivity index (χ2v) is 5.96. The Labute approximate surface area is 126 Å². The summed E-state index contributed by atoms with van der Waals surface area (Å²) in [6.45, 7) is 0. The number of hydrogen-bond acceptors (Lipinski definition) is 6. The lowest BCUT2D eigenvalue weighted by molar-refractivity contribution is -0.115. The molecule has 108 valence electrons. The molecule has 0 saturated carbocycles. The van der Waals surface area contributed by atoms with Gasteiger partial charge in [0.1, 0.15) is 11.6 Å². The highest BCUT2D eigenvalue weighted by Crippen LogP contribution is 2.30. The van der Waals surface area contributed by atoms with Gasteiger partial charge in [0.05, 0.1) is 5.25 Å². The third-order valence-corrected chi connectivity index (χ3v) is 4.36. The molecular formula is C14H15N5OS. The van der Waals surface area contributed by atoms with Crippen LogP contribution in [0.3, 0.4) is 0 Å². The van der Waals surface area contributed by atoms with Gasteiger partial charge in [-0.25, -0.2) is 9.97 Å². The molecule has 2 aromatic rings. The molecule has 1 aliphatic heterocycles. The molecule has 21 heavy (non-hydrogen) atoms. The number of para-hydroxylation sites is 1. The van der Waals surface area contributed by atoms with Gasteiger partial charge >= 0.3 is 0 Å². The minimum absolute atomic E-state index is 0.0467. The Morgan fingerprint density at radius 2 is 1.90 bits per heavy atom. The van der Waals surface area contributed by atoms with E-state index in [0.717, 1.165) is 17.7 Å². The van der Waals surface area contributed by atoms with E-state index < -0.39 is 0 Å². The molecule has 7 heteroatoms. The Hall–Kier alpha value is -2.28. The molecule has 0 bridgehead atoms. The van der Waals surface area contributed by atoms with Gasteiger partial charge in [0, 0.05) is 11.8 Å². The first-order valence-electron chi connectivity index (χ1n) is 6.57.